The van der Waals surface area contributed by atoms with Crippen LogP contribution in [0.4, 0.5) is 0 Å². The van der Waals surface area contributed by atoms with E-state index in [1.54, 1.807) is 13.8 Å². The van der Waals surface area contributed by atoms with Crippen molar-refractivity contribution in [1.82, 2.24) is 9.80 Å². The van der Waals surface area contributed by atoms with E-state index in [1.807, 2.05) is 73.9 Å². The molecule has 2 aromatic carbocycles. The van der Waals surface area contributed by atoms with Crippen molar-refractivity contribution >= 4 is 11.8 Å². The van der Waals surface area contributed by atoms with Crippen LogP contribution in [0.1, 0.15) is 42.5 Å². The molecule has 0 bridgehead atoms. The van der Waals surface area contributed by atoms with Gasteiger partial charge in [0.2, 0.25) is 0 Å². The first kappa shape index (κ1) is 24.6. The van der Waals surface area contributed by atoms with Crippen molar-refractivity contribution in [3.63, 3.8) is 0 Å². The zero-order valence-electron chi connectivity index (χ0n) is 20.7. The Morgan fingerprint density at radius 1 is 0.667 bits per heavy atom. The zero-order chi connectivity index (χ0) is 24.1. The van der Waals surface area contributed by atoms with Crippen LogP contribution in [0.25, 0.3) is 0 Å². The topological polar surface area (TPSA) is 59.1 Å². The summed E-state index contributed by atoms with van der Waals surface area (Å²) in [6.07, 6.45) is -0.444. The average molecular weight is 453 g/mol. The molecule has 0 radical (unpaired) electrons. The van der Waals surface area contributed by atoms with Gasteiger partial charge in [-0.1, -0.05) is 36.4 Å². The lowest BCUT2D eigenvalue weighted by Gasteiger charge is -2.27. The van der Waals surface area contributed by atoms with Crippen LogP contribution in [0.2, 0.25) is 0 Å². The van der Waals surface area contributed by atoms with E-state index in [-0.39, 0.29) is 11.8 Å². The summed E-state index contributed by atoms with van der Waals surface area (Å²) in [5.41, 5.74) is 4.06. The summed E-state index contributed by atoms with van der Waals surface area (Å²) < 4.78 is 12.1. The molecule has 3 rings (SSSR count). The fourth-order valence-electron chi connectivity index (χ4n) is 4.30. The van der Waals surface area contributed by atoms with Gasteiger partial charge in [-0.3, -0.25) is 9.59 Å². The lowest BCUT2D eigenvalue weighted by atomic mass is 10.1. The first-order valence-electron chi connectivity index (χ1n) is 11.7. The van der Waals surface area contributed by atoms with Gasteiger partial charge in [0.1, 0.15) is 11.5 Å². The summed E-state index contributed by atoms with van der Waals surface area (Å²) in [5, 5.41) is 0. The Morgan fingerprint density at radius 2 is 1.00 bits per heavy atom. The Morgan fingerprint density at radius 3 is 1.33 bits per heavy atom. The average Bonchev–Trinajstić information content (AvgIpc) is 3.04. The lowest BCUT2D eigenvalue weighted by Crippen LogP contribution is -2.45. The summed E-state index contributed by atoms with van der Waals surface area (Å²) in [7, 11) is 0. The van der Waals surface area contributed by atoms with Crippen molar-refractivity contribution in [2.45, 2.75) is 60.2 Å². The minimum atomic E-state index is -0.585. The second-order valence-corrected chi connectivity index (χ2v) is 8.97. The maximum atomic E-state index is 13.1. The second kappa shape index (κ2) is 10.7. The third-order valence-electron chi connectivity index (χ3n) is 6.22. The SMILES string of the molecule is Cc1cccc(C)c1OC(C)C(=O)N1CCCN(C(=O)C(C)Oc2c(C)cccc2C)CC1. The summed E-state index contributed by atoms with van der Waals surface area (Å²) in [6.45, 7) is 13.7. The Labute approximate surface area is 197 Å². The van der Waals surface area contributed by atoms with Gasteiger partial charge < -0.3 is 19.3 Å². The summed E-state index contributed by atoms with van der Waals surface area (Å²) in [4.78, 5) is 29.8. The molecule has 6 heteroatoms. The van der Waals surface area contributed by atoms with Gasteiger partial charge in [0, 0.05) is 26.2 Å². The summed E-state index contributed by atoms with van der Waals surface area (Å²) in [6, 6.07) is 11.9. The van der Waals surface area contributed by atoms with Gasteiger partial charge in [-0.05, 0) is 70.2 Å². The molecule has 1 aliphatic heterocycles. The highest BCUT2D eigenvalue weighted by molar-refractivity contribution is 5.82. The number of hydrogen-bond donors (Lipinski definition) is 0. The Bertz CT molecular complexity index is 884. The monoisotopic (exact) mass is 452 g/mol. The largest absolute Gasteiger partial charge is 0.480 e. The fourth-order valence-corrected chi connectivity index (χ4v) is 4.30. The molecule has 33 heavy (non-hydrogen) atoms. The second-order valence-electron chi connectivity index (χ2n) is 8.97. The Hall–Kier alpha value is -3.02. The third-order valence-corrected chi connectivity index (χ3v) is 6.22. The van der Waals surface area contributed by atoms with Crippen LogP contribution in [-0.2, 0) is 9.59 Å². The molecule has 0 spiro atoms. The molecule has 1 aliphatic rings. The van der Waals surface area contributed by atoms with Crippen molar-refractivity contribution in [1.29, 1.82) is 0 Å². The lowest BCUT2D eigenvalue weighted by molar-refractivity contribution is -0.140. The van der Waals surface area contributed by atoms with E-state index in [2.05, 4.69) is 0 Å². The van der Waals surface area contributed by atoms with Crippen LogP contribution in [0.15, 0.2) is 36.4 Å². The molecular formula is C27H36N2O4. The van der Waals surface area contributed by atoms with Crippen molar-refractivity contribution in [3.05, 3.63) is 58.7 Å². The van der Waals surface area contributed by atoms with Crippen molar-refractivity contribution in [2.24, 2.45) is 0 Å². The molecule has 1 saturated heterocycles. The standard InChI is InChI=1S/C27H36N2O4/c1-18-10-7-11-19(2)24(18)32-22(5)26(30)28-14-9-15-29(17-16-28)27(31)23(6)33-25-20(3)12-8-13-21(25)4/h7-8,10-13,22-23H,9,14-17H2,1-6H3. The van der Waals surface area contributed by atoms with Crippen molar-refractivity contribution < 1.29 is 19.1 Å². The number of aryl methyl sites for hydroxylation is 4. The van der Waals surface area contributed by atoms with Crippen molar-refractivity contribution in [2.75, 3.05) is 26.2 Å². The number of amides is 2. The third kappa shape index (κ3) is 5.86. The van der Waals surface area contributed by atoms with E-state index < -0.39 is 12.2 Å². The van der Waals surface area contributed by atoms with Gasteiger partial charge in [0.25, 0.3) is 11.8 Å². The molecule has 1 fully saturated rings. The molecule has 2 unspecified atom stereocenters. The van der Waals surface area contributed by atoms with Gasteiger partial charge in [0.05, 0.1) is 0 Å². The number of nitrogens with zero attached hydrogens (tertiary/aromatic N) is 2. The van der Waals surface area contributed by atoms with Crippen LogP contribution >= 0.6 is 0 Å². The van der Waals surface area contributed by atoms with Crippen LogP contribution in [0, 0.1) is 27.7 Å². The Kier molecular flexibility index (Phi) is 8.01. The highest BCUT2D eigenvalue weighted by atomic mass is 16.5. The number of para-hydroxylation sites is 2. The summed E-state index contributed by atoms with van der Waals surface area (Å²) >= 11 is 0. The van der Waals surface area contributed by atoms with Crippen LogP contribution in [0.5, 0.6) is 11.5 Å². The van der Waals surface area contributed by atoms with Gasteiger partial charge in [-0.15, -0.1) is 0 Å². The number of carbonyl (C=O) groups is 2. The first-order valence-corrected chi connectivity index (χ1v) is 11.7. The number of ether oxygens (including phenoxy) is 2. The minimum absolute atomic E-state index is 0.0493. The molecule has 1 heterocycles. The molecule has 178 valence electrons. The van der Waals surface area contributed by atoms with E-state index >= 15 is 0 Å². The highest BCUT2D eigenvalue weighted by Gasteiger charge is 2.29. The number of carbonyl (C=O) groups excluding carboxylic acids is 2. The first-order chi connectivity index (χ1) is 15.7. The smallest absolute Gasteiger partial charge is 0.263 e. The molecule has 0 aliphatic carbocycles. The predicted molar refractivity (Wildman–Crippen MR) is 130 cm³/mol. The van der Waals surface area contributed by atoms with Gasteiger partial charge in [0.15, 0.2) is 12.2 Å². The van der Waals surface area contributed by atoms with E-state index in [9.17, 15) is 9.59 Å². The number of hydrogen-bond acceptors (Lipinski definition) is 4. The molecule has 2 amide bonds. The zero-order valence-corrected chi connectivity index (χ0v) is 20.7. The molecule has 0 aromatic heterocycles. The molecular weight excluding hydrogens is 416 g/mol. The van der Waals surface area contributed by atoms with Crippen LogP contribution in [0.3, 0.4) is 0 Å². The fraction of sp³-hybridized carbons (Fsp3) is 0.481. The quantitative estimate of drug-likeness (QED) is 0.659. The van der Waals surface area contributed by atoms with E-state index in [0.29, 0.717) is 26.2 Å². The van der Waals surface area contributed by atoms with Crippen molar-refractivity contribution in [3.8, 4) is 11.5 Å². The predicted octanol–water partition coefficient (Wildman–Crippen LogP) is 4.22. The Balaban J connectivity index is 1.59. The molecule has 2 atom stereocenters. The van der Waals surface area contributed by atoms with Gasteiger partial charge >= 0.3 is 0 Å². The van der Waals surface area contributed by atoms with Gasteiger partial charge in [-0.25, -0.2) is 0 Å². The summed E-state index contributed by atoms with van der Waals surface area (Å²) in [5.74, 6) is 1.43. The van der Waals surface area contributed by atoms with E-state index in [1.165, 1.54) is 0 Å². The normalized spacial score (nSPS) is 16.1. The maximum absolute atomic E-state index is 13.1. The number of rotatable bonds is 6. The molecule has 0 N–H and O–H groups in total. The molecule has 2 aromatic rings. The maximum Gasteiger partial charge on any atom is 0.263 e. The molecule has 6 nitrogen and oxygen atoms in total. The van der Waals surface area contributed by atoms with E-state index in [0.717, 1.165) is 40.2 Å². The van der Waals surface area contributed by atoms with E-state index in [4.69, 9.17) is 9.47 Å². The molecule has 0 saturated carbocycles. The highest BCUT2D eigenvalue weighted by Crippen LogP contribution is 2.25. The van der Waals surface area contributed by atoms with Gasteiger partial charge in [-0.2, -0.15) is 0 Å². The minimum Gasteiger partial charge on any atom is -0.480 e. The van der Waals surface area contributed by atoms with Crippen LogP contribution < -0.4 is 9.47 Å². The number of benzene rings is 2. The van der Waals surface area contributed by atoms with Crippen LogP contribution in [-0.4, -0.2) is 60.0 Å².